The predicted octanol–water partition coefficient (Wildman–Crippen LogP) is 2.97. The van der Waals surface area contributed by atoms with Crippen LogP contribution in [0.5, 0.6) is 0 Å². The van der Waals surface area contributed by atoms with Crippen LogP contribution in [0.3, 0.4) is 0 Å². The first kappa shape index (κ1) is 17.5. The lowest BCUT2D eigenvalue weighted by Crippen LogP contribution is -2.46. The Morgan fingerprint density at radius 2 is 1.96 bits per heavy atom. The molecule has 0 saturated heterocycles. The third-order valence-electron chi connectivity index (χ3n) is 4.24. The molecule has 1 aromatic heterocycles. The van der Waals surface area contributed by atoms with Crippen molar-refractivity contribution < 1.29 is 14.7 Å². The monoisotopic (exact) mass is 351 g/mol. The number of aryl methyl sites for hydroxylation is 1. The lowest BCUT2D eigenvalue weighted by molar-refractivity contribution is -0.139. The van der Waals surface area contributed by atoms with Crippen LogP contribution < -0.4 is 10.6 Å². The van der Waals surface area contributed by atoms with E-state index in [0.717, 1.165) is 27.6 Å². The lowest BCUT2D eigenvalue weighted by Gasteiger charge is -2.15. The molecule has 4 N–H and O–H groups in total. The van der Waals surface area contributed by atoms with Gasteiger partial charge in [-0.05, 0) is 24.1 Å². The molecule has 1 atom stereocenters. The first-order valence-electron chi connectivity index (χ1n) is 8.40. The number of carboxylic acids is 1. The highest BCUT2D eigenvalue weighted by atomic mass is 16.4. The van der Waals surface area contributed by atoms with E-state index in [0.29, 0.717) is 6.54 Å². The van der Waals surface area contributed by atoms with Gasteiger partial charge in [0.1, 0.15) is 6.04 Å². The van der Waals surface area contributed by atoms with Crippen molar-refractivity contribution in [3.63, 3.8) is 0 Å². The maximum atomic E-state index is 12.1. The zero-order chi connectivity index (χ0) is 18.5. The van der Waals surface area contributed by atoms with Crippen LogP contribution in [0.15, 0.2) is 54.7 Å². The second-order valence-electron chi connectivity index (χ2n) is 6.27. The van der Waals surface area contributed by atoms with E-state index in [2.05, 4.69) is 15.6 Å². The number of carbonyl (C=O) groups excluding carboxylic acids is 1. The molecule has 134 valence electrons. The molecule has 6 heteroatoms. The largest absolute Gasteiger partial charge is 0.480 e. The number of urea groups is 1. The third kappa shape index (κ3) is 4.22. The maximum Gasteiger partial charge on any atom is 0.326 e. The van der Waals surface area contributed by atoms with E-state index in [1.807, 2.05) is 55.5 Å². The van der Waals surface area contributed by atoms with Crippen molar-refractivity contribution in [1.82, 2.24) is 15.6 Å². The summed E-state index contributed by atoms with van der Waals surface area (Å²) in [6.07, 6.45) is 1.99. The highest BCUT2D eigenvalue weighted by molar-refractivity contribution is 5.86. The molecule has 6 nitrogen and oxygen atoms in total. The minimum Gasteiger partial charge on any atom is -0.480 e. The fourth-order valence-corrected chi connectivity index (χ4v) is 2.93. The molecule has 0 unspecified atom stereocenters. The van der Waals surface area contributed by atoms with Gasteiger partial charge in [0.2, 0.25) is 0 Å². The Bertz CT molecular complexity index is 933. The smallest absolute Gasteiger partial charge is 0.326 e. The first-order chi connectivity index (χ1) is 12.5. The van der Waals surface area contributed by atoms with Gasteiger partial charge in [-0.25, -0.2) is 9.59 Å². The molecule has 3 rings (SSSR count). The Morgan fingerprint density at radius 1 is 1.15 bits per heavy atom. The number of carboxylic acid groups (broad SMARTS) is 1. The van der Waals surface area contributed by atoms with Crippen molar-refractivity contribution in [2.75, 3.05) is 0 Å². The minimum absolute atomic E-state index is 0.206. The quantitative estimate of drug-likeness (QED) is 0.550. The molecular weight excluding hydrogens is 330 g/mol. The standard InChI is InChI=1S/C20H21N3O3/c1-13-5-4-6-14(9-13)11-22-20(26)23-18(19(24)25)10-15-12-21-17-8-3-2-7-16(15)17/h2-9,12,18,21H,10-11H2,1H3,(H,24,25)(H2,22,23,26)/t18-/m0/s1. The van der Waals surface area contributed by atoms with Crippen LogP contribution in [0.1, 0.15) is 16.7 Å². The summed E-state index contributed by atoms with van der Waals surface area (Å²) in [6.45, 7) is 2.32. The Balaban J connectivity index is 1.63. The molecule has 1 heterocycles. The molecule has 3 aromatic rings. The highest BCUT2D eigenvalue weighted by Gasteiger charge is 2.21. The number of benzene rings is 2. The number of aromatic amines is 1. The van der Waals surface area contributed by atoms with E-state index < -0.39 is 18.0 Å². The summed E-state index contributed by atoms with van der Waals surface area (Å²) >= 11 is 0. The first-order valence-corrected chi connectivity index (χ1v) is 8.40. The number of fused-ring (bicyclic) bond motifs is 1. The van der Waals surface area contributed by atoms with Crippen LogP contribution in [0.25, 0.3) is 10.9 Å². The van der Waals surface area contributed by atoms with Crippen molar-refractivity contribution in [3.8, 4) is 0 Å². The number of rotatable bonds is 6. The molecule has 0 fully saturated rings. The summed E-state index contributed by atoms with van der Waals surface area (Å²) in [5, 5.41) is 15.7. The number of H-pyrrole nitrogens is 1. The van der Waals surface area contributed by atoms with Gasteiger partial charge < -0.3 is 20.7 Å². The van der Waals surface area contributed by atoms with Gasteiger partial charge >= 0.3 is 12.0 Å². The molecule has 0 saturated carbocycles. The number of para-hydroxylation sites is 1. The van der Waals surface area contributed by atoms with Crippen molar-refractivity contribution >= 4 is 22.9 Å². The molecule has 0 spiro atoms. The van der Waals surface area contributed by atoms with Gasteiger partial charge in [0.15, 0.2) is 0 Å². The van der Waals surface area contributed by atoms with Gasteiger partial charge in [-0.3, -0.25) is 0 Å². The average Bonchev–Trinajstić information content (AvgIpc) is 3.02. The molecule has 0 radical (unpaired) electrons. The van der Waals surface area contributed by atoms with Crippen molar-refractivity contribution in [2.24, 2.45) is 0 Å². The van der Waals surface area contributed by atoms with Crippen molar-refractivity contribution in [2.45, 2.75) is 25.9 Å². The molecule has 0 aliphatic rings. The molecular formula is C20H21N3O3. The van der Waals surface area contributed by atoms with E-state index in [-0.39, 0.29) is 6.42 Å². The fraction of sp³-hybridized carbons (Fsp3) is 0.200. The fourth-order valence-electron chi connectivity index (χ4n) is 2.93. The van der Waals surface area contributed by atoms with Crippen LogP contribution in [0, 0.1) is 6.92 Å². The molecule has 2 aromatic carbocycles. The van der Waals surface area contributed by atoms with Gasteiger partial charge in [-0.2, -0.15) is 0 Å². The molecule has 2 amide bonds. The van der Waals surface area contributed by atoms with Crippen molar-refractivity contribution in [1.29, 1.82) is 0 Å². The topological polar surface area (TPSA) is 94.2 Å². The van der Waals surface area contributed by atoms with Gasteiger partial charge in [-0.1, -0.05) is 48.0 Å². The zero-order valence-electron chi connectivity index (χ0n) is 14.5. The van der Waals surface area contributed by atoms with Crippen LogP contribution in [0.2, 0.25) is 0 Å². The van der Waals surface area contributed by atoms with Crippen LogP contribution in [-0.4, -0.2) is 28.1 Å². The van der Waals surface area contributed by atoms with E-state index in [1.54, 1.807) is 6.20 Å². The summed E-state index contributed by atoms with van der Waals surface area (Å²) in [5.74, 6) is -1.07. The van der Waals surface area contributed by atoms with E-state index in [9.17, 15) is 14.7 Å². The van der Waals surface area contributed by atoms with Crippen LogP contribution >= 0.6 is 0 Å². The van der Waals surface area contributed by atoms with Crippen LogP contribution in [0.4, 0.5) is 4.79 Å². The molecule has 26 heavy (non-hydrogen) atoms. The average molecular weight is 351 g/mol. The van der Waals surface area contributed by atoms with E-state index in [4.69, 9.17) is 0 Å². The van der Waals surface area contributed by atoms with Gasteiger partial charge in [0.25, 0.3) is 0 Å². The molecule has 0 aliphatic heterocycles. The number of hydrogen-bond acceptors (Lipinski definition) is 2. The summed E-state index contributed by atoms with van der Waals surface area (Å²) in [6, 6.07) is 13.9. The Hall–Kier alpha value is -3.28. The van der Waals surface area contributed by atoms with Gasteiger partial charge in [0.05, 0.1) is 0 Å². The number of aromatic nitrogens is 1. The number of carbonyl (C=O) groups is 2. The minimum atomic E-state index is -1.07. The lowest BCUT2D eigenvalue weighted by atomic mass is 10.1. The Labute approximate surface area is 151 Å². The normalized spacial score (nSPS) is 11.9. The van der Waals surface area contributed by atoms with Crippen molar-refractivity contribution in [3.05, 3.63) is 71.4 Å². The highest BCUT2D eigenvalue weighted by Crippen LogP contribution is 2.19. The predicted molar refractivity (Wildman–Crippen MR) is 100.0 cm³/mol. The van der Waals surface area contributed by atoms with E-state index >= 15 is 0 Å². The number of aliphatic carboxylic acids is 1. The number of hydrogen-bond donors (Lipinski definition) is 4. The molecule has 0 aliphatic carbocycles. The summed E-state index contributed by atoms with van der Waals surface area (Å²) in [5.41, 5.74) is 3.86. The third-order valence-corrected chi connectivity index (χ3v) is 4.24. The maximum absolute atomic E-state index is 12.1. The van der Waals surface area contributed by atoms with Crippen LogP contribution in [-0.2, 0) is 17.8 Å². The summed E-state index contributed by atoms with van der Waals surface area (Å²) in [4.78, 5) is 26.8. The molecule has 0 bridgehead atoms. The Morgan fingerprint density at radius 3 is 2.73 bits per heavy atom. The summed E-state index contributed by atoms with van der Waals surface area (Å²) in [7, 11) is 0. The zero-order valence-corrected chi connectivity index (χ0v) is 14.5. The SMILES string of the molecule is Cc1cccc(CNC(=O)N[C@@H](Cc2c[nH]c3ccccc23)C(=O)O)c1. The Kier molecular flexibility index (Phi) is 5.22. The number of amides is 2. The second-order valence-corrected chi connectivity index (χ2v) is 6.27. The van der Waals surface area contributed by atoms with Gasteiger partial charge in [0, 0.05) is 30.1 Å². The second kappa shape index (κ2) is 7.74. The van der Waals surface area contributed by atoms with Gasteiger partial charge in [-0.15, -0.1) is 0 Å². The number of nitrogens with one attached hydrogen (secondary N) is 3. The van der Waals surface area contributed by atoms with E-state index in [1.165, 1.54) is 0 Å². The summed E-state index contributed by atoms with van der Waals surface area (Å²) < 4.78 is 0.